The molecule has 5 rings (SSSR count). The molecule has 4 heteroatoms. The molecule has 0 amide bonds. The van der Waals surface area contributed by atoms with Crippen LogP contribution in [0.25, 0.3) is 0 Å². The average molecular weight is 379 g/mol. The molecule has 3 aliphatic heterocycles. The Morgan fingerprint density at radius 1 is 1.26 bits per heavy atom. The van der Waals surface area contributed by atoms with Gasteiger partial charge in [0.25, 0.3) is 0 Å². The number of phenols is 1. The van der Waals surface area contributed by atoms with Crippen LogP contribution in [0.4, 0.5) is 5.69 Å². The summed E-state index contributed by atoms with van der Waals surface area (Å²) in [5.74, 6) is 0.442. The molecule has 1 aliphatic carbocycles. The molecule has 0 aromatic heterocycles. The van der Waals surface area contributed by atoms with Crippen LogP contribution < -0.4 is 5.32 Å². The van der Waals surface area contributed by atoms with Crippen molar-refractivity contribution in [3.8, 4) is 5.75 Å². The van der Waals surface area contributed by atoms with Crippen LogP contribution in [0.15, 0.2) is 18.2 Å². The van der Waals surface area contributed by atoms with Gasteiger partial charge in [0.05, 0.1) is 5.69 Å². The number of nitrogens with zero attached hydrogens (tertiary/aromatic N) is 1. The summed E-state index contributed by atoms with van der Waals surface area (Å²) in [5.41, 5.74) is 3.18. The Bertz CT molecular complexity index is 636. The first-order valence-corrected chi connectivity index (χ1v) is 9.04. The van der Waals surface area contributed by atoms with Crippen molar-refractivity contribution in [2.24, 2.45) is 5.41 Å². The highest BCUT2D eigenvalue weighted by atomic mass is 79.9. The van der Waals surface area contributed by atoms with Crippen LogP contribution in [0.1, 0.15) is 51.0 Å². The molecular formula is C19H27BrN2O. The maximum atomic E-state index is 10.3. The Morgan fingerprint density at radius 3 is 2.96 bits per heavy atom. The van der Waals surface area contributed by atoms with E-state index in [0.717, 1.165) is 5.69 Å². The van der Waals surface area contributed by atoms with Gasteiger partial charge in [0, 0.05) is 17.5 Å². The monoisotopic (exact) mass is 378 g/mol. The van der Waals surface area contributed by atoms with Gasteiger partial charge in [-0.3, -0.25) is 4.90 Å². The van der Waals surface area contributed by atoms with Gasteiger partial charge in [0.2, 0.25) is 0 Å². The van der Waals surface area contributed by atoms with Crippen LogP contribution in [-0.4, -0.2) is 35.2 Å². The number of rotatable bonds is 1. The fraction of sp³-hybridized carbons (Fsp3) is 0.684. The zero-order valence-corrected chi connectivity index (χ0v) is 15.6. The number of benzene rings is 1. The summed E-state index contributed by atoms with van der Waals surface area (Å²) in [6.45, 7) is 4.91. The second-order valence-electron chi connectivity index (χ2n) is 7.98. The summed E-state index contributed by atoms with van der Waals surface area (Å²) in [5, 5.41) is 14.1. The van der Waals surface area contributed by atoms with Crippen molar-refractivity contribution in [1.82, 2.24) is 4.90 Å². The van der Waals surface area contributed by atoms with E-state index < -0.39 is 0 Å². The molecular weight excluding hydrogens is 352 g/mol. The number of hydrogen-bond acceptors (Lipinski definition) is 3. The lowest BCUT2D eigenvalue weighted by Crippen LogP contribution is -2.63. The van der Waals surface area contributed by atoms with Gasteiger partial charge in [0.15, 0.2) is 0 Å². The predicted molar refractivity (Wildman–Crippen MR) is 98.7 cm³/mol. The molecule has 0 bridgehead atoms. The molecule has 2 saturated heterocycles. The van der Waals surface area contributed by atoms with Crippen molar-refractivity contribution in [1.29, 1.82) is 0 Å². The van der Waals surface area contributed by atoms with Gasteiger partial charge < -0.3 is 10.4 Å². The highest BCUT2D eigenvalue weighted by Crippen LogP contribution is 2.64. The largest absolute Gasteiger partial charge is 0.506 e. The summed E-state index contributed by atoms with van der Waals surface area (Å²) < 4.78 is 0. The van der Waals surface area contributed by atoms with Gasteiger partial charge in [-0.15, -0.1) is 17.0 Å². The van der Waals surface area contributed by atoms with Crippen molar-refractivity contribution < 1.29 is 5.11 Å². The van der Waals surface area contributed by atoms with Gasteiger partial charge in [0.1, 0.15) is 5.75 Å². The van der Waals surface area contributed by atoms with Crippen LogP contribution in [0, 0.1) is 5.41 Å². The Morgan fingerprint density at radius 2 is 2.13 bits per heavy atom. The van der Waals surface area contributed by atoms with Gasteiger partial charge >= 0.3 is 0 Å². The van der Waals surface area contributed by atoms with E-state index in [9.17, 15) is 5.11 Å². The smallest absolute Gasteiger partial charge is 0.138 e. The first-order chi connectivity index (χ1) is 10.7. The van der Waals surface area contributed by atoms with Crippen LogP contribution >= 0.6 is 17.0 Å². The Balaban J connectivity index is 0.00000135. The molecule has 4 aliphatic rings. The van der Waals surface area contributed by atoms with E-state index in [-0.39, 0.29) is 22.4 Å². The lowest BCUT2D eigenvalue weighted by molar-refractivity contribution is -0.0309. The van der Waals surface area contributed by atoms with Crippen molar-refractivity contribution in [3.05, 3.63) is 23.8 Å². The minimum Gasteiger partial charge on any atom is -0.506 e. The fourth-order valence-corrected chi connectivity index (χ4v) is 6.65. The molecule has 3 fully saturated rings. The summed E-state index contributed by atoms with van der Waals surface area (Å²) in [4.78, 5) is 2.79. The normalized spacial score (nSPS) is 40.6. The molecule has 1 aromatic rings. The number of anilines is 1. The third-order valence-electron chi connectivity index (χ3n) is 7.49. The second-order valence-corrected chi connectivity index (χ2v) is 7.98. The number of halogens is 1. The van der Waals surface area contributed by atoms with Crippen LogP contribution in [-0.2, 0) is 5.41 Å². The number of nitrogens with one attached hydrogen (secondary N) is 1. The van der Waals surface area contributed by atoms with Gasteiger partial charge in [-0.05, 0) is 68.7 Å². The first kappa shape index (κ1) is 15.8. The molecule has 3 heterocycles. The molecule has 0 radical (unpaired) electrons. The van der Waals surface area contributed by atoms with Crippen molar-refractivity contribution in [2.45, 2.75) is 62.9 Å². The van der Waals surface area contributed by atoms with Gasteiger partial charge in [-0.2, -0.15) is 0 Å². The summed E-state index contributed by atoms with van der Waals surface area (Å²) >= 11 is 0. The third kappa shape index (κ3) is 1.74. The highest BCUT2D eigenvalue weighted by molar-refractivity contribution is 8.93. The van der Waals surface area contributed by atoms with E-state index in [2.05, 4.69) is 23.2 Å². The highest BCUT2D eigenvalue weighted by Gasteiger charge is 2.66. The molecule has 2 N–H and O–H groups in total. The SMILES string of the molecule is Br.CCC12CCCN3CCC4(c5cccc(O)c5NC4CC1)C32. The minimum absolute atomic E-state index is 0. The van der Waals surface area contributed by atoms with Gasteiger partial charge in [-0.25, -0.2) is 0 Å². The standard InChI is InChI=1S/C19H26N2O.BrH/c1-2-18-8-4-11-21-12-10-19(17(18)21)13-5-3-6-14(22)16(13)20-15(19)7-9-18;/h3,5-6,15,17,20,22H,2,4,7-12H2,1H3;1H. The Labute approximate surface area is 149 Å². The number of para-hydroxylation sites is 1. The van der Waals surface area contributed by atoms with Crippen molar-refractivity contribution in [2.75, 3.05) is 18.4 Å². The first-order valence-electron chi connectivity index (χ1n) is 9.04. The number of fused-ring (bicyclic) bond motifs is 1. The van der Waals surface area contributed by atoms with Crippen molar-refractivity contribution in [3.63, 3.8) is 0 Å². The summed E-state index contributed by atoms with van der Waals surface area (Å²) in [6.07, 6.45) is 7.92. The Hall–Kier alpha value is -0.740. The summed E-state index contributed by atoms with van der Waals surface area (Å²) in [7, 11) is 0. The quantitative estimate of drug-likeness (QED) is 0.723. The van der Waals surface area contributed by atoms with E-state index in [1.165, 1.54) is 57.2 Å². The number of aromatic hydroxyl groups is 1. The maximum Gasteiger partial charge on any atom is 0.138 e. The van der Waals surface area contributed by atoms with Crippen LogP contribution in [0.5, 0.6) is 5.75 Å². The lowest BCUT2D eigenvalue weighted by atomic mass is 9.52. The summed E-state index contributed by atoms with van der Waals surface area (Å²) in [6, 6.07) is 7.35. The molecule has 126 valence electrons. The fourth-order valence-electron chi connectivity index (χ4n) is 6.65. The van der Waals surface area contributed by atoms with Gasteiger partial charge in [-0.1, -0.05) is 19.1 Å². The second kappa shape index (κ2) is 5.13. The number of piperidine rings is 1. The maximum absolute atomic E-state index is 10.3. The number of hydrogen-bond donors (Lipinski definition) is 2. The average Bonchev–Trinajstić information content (AvgIpc) is 3.10. The van der Waals surface area contributed by atoms with Crippen LogP contribution in [0.2, 0.25) is 0 Å². The molecule has 1 saturated carbocycles. The topological polar surface area (TPSA) is 35.5 Å². The molecule has 23 heavy (non-hydrogen) atoms. The van der Waals surface area contributed by atoms with E-state index in [1.54, 1.807) is 0 Å². The van der Waals surface area contributed by atoms with E-state index in [4.69, 9.17) is 0 Å². The number of phenolic OH excluding ortho intramolecular Hbond substituents is 1. The zero-order chi connectivity index (χ0) is 14.9. The molecule has 4 unspecified atom stereocenters. The van der Waals surface area contributed by atoms with Crippen molar-refractivity contribution >= 4 is 22.7 Å². The third-order valence-corrected chi connectivity index (χ3v) is 7.49. The molecule has 3 nitrogen and oxygen atoms in total. The minimum atomic E-state index is 0. The molecule has 4 atom stereocenters. The molecule has 1 aromatic carbocycles. The van der Waals surface area contributed by atoms with E-state index >= 15 is 0 Å². The molecule has 1 spiro atoms. The predicted octanol–water partition coefficient (Wildman–Crippen LogP) is 4.06. The van der Waals surface area contributed by atoms with Crippen LogP contribution in [0.3, 0.4) is 0 Å². The van der Waals surface area contributed by atoms with E-state index in [0.29, 0.717) is 23.2 Å². The zero-order valence-electron chi connectivity index (χ0n) is 13.8. The lowest BCUT2D eigenvalue weighted by Gasteiger charge is -2.58. The Kier molecular flexibility index (Phi) is 3.51. The van der Waals surface area contributed by atoms with E-state index in [1.807, 2.05) is 12.1 Å².